The van der Waals surface area contributed by atoms with Crippen LogP contribution in [0.2, 0.25) is 0 Å². The molecule has 1 fully saturated rings. The summed E-state index contributed by atoms with van der Waals surface area (Å²) in [6, 6.07) is 5.04. The highest BCUT2D eigenvalue weighted by Gasteiger charge is 2.51. The number of imidazole rings is 1. The molecule has 2 atom stereocenters. The first-order valence-corrected chi connectivity index (χ1v) is 16.4. The van der Waals surface area contributed by atoms with E-state index in [1.165, 1.54) is 4.90 Å². The number of nitrogens with zero attached hydrogens (tertiary/aromatic N) is 5. The molecule has 12 nitrogen and oxygen atoms in total. The van der Waals surface area contributed by atoms with Crippen LogP contribution in [0.3, 0.4) is 0 Å². The highest BCUT2D eigenvalue weighted by molar-refractivity contribution is 5.86. The number of amides is 2. The van der Waals surface area contributed by atoms with Crippen molar-refractivity contribution >= 4 is 23.9 Å². The van der Waals surface area contributed by atoms with Crippen LogP contribution in [0.5, 0.6) is 5.75 Å². The molecule has 1 saturated heterocycles. The summed E-state index contributed by atoms with van der Waals surface area (Å²) in [5, 5.41) is 11.6. The Morgan fingerprint density at radius 2 is 1.85 bits per heavy atom. The molecule has 0 aliphatic carbocycles. The van der Waals surface area contributed by atoms with Crippen LogP contribution in [0.4, 0.5) is 23.9 Å². The van der Waals surface area contributed by atoms with Gasteiger partial charge in [-0.3, -0.25) is 4.90 Å². The number of quaternary nitrogens is 1. The van der Waals surface area contributed by atoms with Crippen LogP contribution in [0.1, 0.15) is 50.4 Å². The molecule has 5 rings (SSSR count). The van der Waals surface area contributed by atoms with E-state index >= 15 is 0 Å². The molecule has 1 aromatic carbocycles. The Kier molecular flexibility index (Phi) is 10.7. The van der Waals surface area contributed by atoms with Gasteiger partial charge in [0.15, 0.2) is 6.54 Å². The predicted octanol–water partition coefficient (Wildman–Crippen LogP) is 2.70. The fourth-order valence-corrected chi connectivity index (χ4v) is 6.67. The lowest BCUT2D eigenvalue weighted by atomic mass is 9.94. The van der Waals surface area contributed by atoms with Gasteiger partial charge < -0.3 is 28.7 Å². The molecule has 2 amide bonds. The summed E-state index contributed by atoms with van der Waals surface area (Å²) >= 11 is 0. The van der Waals surface area contributed by atoms with Gasteiger partial charge in [0, 0.05) is 63.3 Å². The van der Waals surface area contributed by atoms with Crippen LogP contribution >= 0.6 is 0 Å². The number of aromatic nitrogens is 2. The van der Waals surface area contributed by atoms with E-state index < -0.39 is 53.1 Å². The molecule has 0 saturated carbocycles. The summed E-state index contributed by atoms with van der Waals surface area (Å²) in [4.78, 5) is 46.4. The molecular formula is C33H44F3N5O7. The number of aliphatic carboxylic acids is 1. The molecular weight excluding hydrogens is 635 g/mol. The van der Waals surface area contributed by atoms with Gasteiger partial charge in [-0.1, -0.05) is 6.07 Å². The second-order valence-electron chi connectivity index (χ2n) is 13.8. The van der Waals surface area contributed by atoms with Crippen LogP contribution in [-0.4, -0.2) is 108 Å². The first-order chi connectivity index (χ1) is 22.6. The Balaban J connectivity index is 1.34. The van der Waals surface area contributed by atoms with Gasteiger partial charge in [0.1, 0.15) is 17.9 Å². The smallest absolute Gasteiger partial charge is 0.438 e. The highest BCUT2D eigenvalue weighted by Crippen LogP contribution is 2.35. The quantitative estimate of drug-likeness (QED) is 0.349. The predicted molar refractivity (Wildman–Crippen MR) is 165 cm³/mol. The second-order valence-corrected chi connectivity index (χ2v) is 13.8. The number of hydrogen-bond acceptors (Lipinski definition) is 9. The van der Waals surface area contributed by atoms with Crippen molar-refractivity contribution in [3.05, 3.63) is 41.2 Å². The number of ether oxygens (including phenoxy) is 3. The van der Waals surface area contributed by atoms with Gasteiger partial charge >= 0.3 is 18.2 Å². The zero-order valence-corrected chi connectivity index (χ0v) is 27.7. The maximum atomic E-state index is 14.2. The Hall–Kier alpha value is -3.69. The van der Waals surface area contributed by atoms with Crippen LogP contribution in [0, 0.1) is 5.92 Å². The van der Waals surface area contributed by atoms with Crippen molar-refractivity contribution in [2.75, 3.05) is 64.0 Å². The van der Waals surface area contributed by atoms with Gasteiger partial charge in [-0.15, -0.1) is 0 Å². The number of anilines is 1. The number of carboxylic acids is 1. The fourth-order valence-electron chi connectivity index (χ4n) is 6.67. The Labute approximate surface area is 277 Å². The van der Waals surface area contributed by atoms with Gasteiger partial charge in [-0.2, -0.15) is 13.2 Å². The van der Waals surface area contributed by atoms with Crippen LogP contribution in [-0.2, 0) is 45.0 Å². The van der Waals surface area contributed by atoms with E-state index in [0.29, 0.717) is 74.3 Å². The van der Waals surface area contributed by atoms with E-state index in [4.69, 9.17) is 14.2 Å². The van der Waals surface area contributed by atoms with E-state index in [2.05, 4.69) is 4.98 Å². The number of halogens is 3. The van der Waals surface area contributed by atoms with Crippen LogP contribution in [0.15, 0.2) is 24.4 Å². The number of fused-ring (bicyclic) bond motifs is 2. The molecule has 1 aromatic heterocycles. The molecule has 264 valence electrons. The highest BCUT2D eigenvalue weighted by atomic mass is 19.4. The lowest BCUT2D eigenvalue weighted by molar-refractivity contribution is -0.879. The van der Waals surface area contributed by atoms with E-state index in [9.17, 15) is 32.7 Å². The molecule has 0 radical (unpaired) electrons. The summed E-state index contributed by atoms with van der Waals surface area (Å²) < 4.78 is 60.4. The van der Waals surface area contributed by atoms with Crippen molar-refractivity contribution in [2.24, 2.45) is 5.92 Å². The third-order valence-corrected chi connectivity index (χ3v) is 8.85. The zero-order valence-electron chi connectivity index (χ0n) is 27.7. The lowest BCUT2D eigenvalue weighted by Gasteiger charge is -2.39. The molecule has 48 heavy (non-hydrogen) atoms. The molecule has 3 aliphatic heterocycles. The number of carbonyl (C=O) groups excluding carboxylic acids is 3. The van der Waals surface area contributed by atoms with E-state index in [0.717, 1.165) is 6.42 Å². The van der Waals surface area contributed by atoms with Gasteiger partial charge in [0.2, 0.25) is 5.95 Å². The zero-order chi connectivity index (χ0) is 34.7. The number of carboxylic acid groups (broad SMARTS) is 1. The summed E-state index contributed by atoms with van der Waals surface area (Å²) in [6.07, 6.45) is -2.79. The van der Waals surface area contributed by atoms with Gasteiger partial charge in [0.25, 0.3) is 0 Å². The summed E-state index contributed by atoms with van der Waals surface area (Å²) in [5.41, 5.74) is 1.18. The standard InChI is InChI=1S/C33H44F3N5O7/c1-32(2,3)48-31(45)40-9-4-8-39-20-26(37-30(39)40)7-14-47-27-6-5-23-17-24(19-28(42)43)29(44)41(21-25(23)18-27,22-33(34,35)36)13-10-38-11-15-46-16-12-38/h5-6,18,20,24H,4,7-17,19,21-22H2,1-3H3/t24-,41?/m0/s1. The van der Waals surface area contributed by atoms with Crippen molar-refractivity contribution in [3.8, 4) is 5.75 Å². The van der Waals surface area contributed by atoms with E-state index in [1.807, 2.05) is 15.7 Å². The maximum Gasteiger partial charge on any atom is 0.438 e. The molecule has 4 heterocycles. The molecule has 0 spiro atoms. The summed E-state index contributed by atoms with van der Waals surface area (Å²) in [6.45, 7) is 7.24. The van der Waals surface area contributed by atoms with Gasteiger partial charge in [-0.25, -0.2) is 24.0 Å². The van der Waals surface area contributed by atoms with Crippen molar-refractivity contribution in [1.29, 1.82) is 0 Å². The topological polar surface area (TPSA) is 126 Å². The molecule has 0 N–H and O–H groups in total. The summed E-state index contributed by atoms with van der Waals surface area (Å²) in [5.74, 6) is -2.47. The van der Waals surface area contributed by atoms with Crippen molar-refractivity contribution in [1.82, 2.24) is 14.5 Å². The minimum Gasteiger partial charge on any atom is -0.550 e. The number of morpholine rings is 1. The Bertz CT molecular complexity index is 1480. The van der Waals surface area contributed by atoms with Crippen molar-refractivity contribution < 1.29 is 51.4 Å². The molecule has 3 aliphatic rings. The van der Waals surface area contributed by atoms with Crippen molar-refractivity contribution in [2.45, 2.75) is 71.3 Å². The third kappa shape index (κ3) is 9.05. The molecule has 15 heteroatoms. The van der Waals surface area contributed by atoms with Gasteiger partial charge in [0.05, 0.1) is 38.0 Å². The number of alkyl halides is 3. The lowest BCUT2D eigenvalue weighted by Crippen LogP contribution is -2.61. The number of aryl methyl sites for hydroxylation is 1. The Morgan fingerprint density at radius 1 is 1.10 bits per heavy atom. The summed E-state index contributed by atoms with van der Waals surface area (Å²) in [7, 11) is 0. The monoisotopic (exact) mass is 679 g/mol. The first kappa shape index (κ1) is 35.6. The number of carbonyl (C=O) groups is 3. The fraction of sp³-hybridized carbons (Fsp3) is 0.636. The molecule has 1 unspecified atom stereocenters. The van der Waals surface area contributed by atoms with Crippen molar-refractivity contribution in [3.63, 3.8) is 0 Å². The molecule has 2 aromatic rings. The maximum absolute atomic E-state index is 14.2. The van der Waals surface area contributed by atoms with Crippen LogP contribution in [0.25, 0.3) is 0 Å². The average molecular weight is 680 g/mol. The SMILES string of the molecule is CC(C)(C)OC(=O)N1CCCn2cc(CCOc3ccc4c(c3)C[N+](CCN3CCOCC3)(CC(F)(F)F)C(=O)[C@H](CC(=O)[O-])C4)nc21. The average Bonchev–Trinajstić information content (AvgIpc) is 3.38. The normalized spacial score (nSPS) is 22.1. The number of rotatable bonds is 10. The molecule has 0 bridgehead atoms. The second kappa shape index (κ2) is 14.4. The largest absolute Gasteiger partial charge is 0.550 e. The number of benzene rings is 1. The van der Waals surface area contributed by atoms with Crippen LogP contribution < -0.4 is 14.7 Å². The van der Waals surface area contributed by atoms with E-state index in [-0.39, 0.29) is 32.7 Å². The van der Waals surface area contributed by atoms with Gasteiger partial charge in [-0.05, 0) is 51.3 Å². The number of hydrogen-bond donors (Lipinski definition) is 0. The third-order valence-electron chi connectivity index (χ3n) is 8.85. The Morgan fingerprint density at radius 3 is 2.54 bits per heavy atom. The minimum absolute atomic E-state index is 0.00774. The minimum atomic E-state index is -4.67. The van der Waals surface area contributed by atoms with E-state index in [1.54, 1.807) is 39.0 Å². The first-order valence-electron chi connectivity index (χ1n) is 16.4.